The molecule has 0 N–H and O–H groups in total. The number of Topliss-reactive ketones (excluding diaryl/α,β-unsaturated/α-hetero) is 1. The quantitative estimate of drug-likeness (QED) is 0.505. The zero-order valence-electron chi connectivity index (χ0n) is 17.3. The normalized spacial score (nSPS) is 14.4. The topological polar surface area (TPSA) is 72.2 Å². The number of rotatable bonds is 5. The van der Waals surface area contributed by atoms with Crippen LogP contribution in [0.3, 0.4) is 0 Å². The SMILES string of the molecule is CC1(C)Cc2c(C#N)c(OCC(=O)c3ccc(Cl)cc3)nc(-c3ccccc3)c2CO1. The summed E-state index contributed by atoms with van der Waals surface area (Å²) in [4.78, 5) is 17.2. The lowest BCUT2D eigenvalue weighted by atomic mass is 9.87. The van der Waals surface area contributed by atoms with Crippen molar-refractivity contribution in [2.75, 3.05) is 6.61 Å². The average molecular weight is 433 g/mol. The van der Waals surface area contributed by atoms with Gasteiger partial charge in [0, 0.05) is 28.1 Å². The molecule has 4 rings (SSSR count). The number of halogens is 1. The molecule has 0 saturated heterocycles. The van der Waals surface area contributed by atoms with Crippen LogP contribution < -0.4 is 4.74 Å². The van der Waals surface area contributed by atoms with Crippen molar-refractivity contribution in [2.24, 2.45) is 0 Å². The van der Waals surface area contributed by atoms with Gasteiger partial charge in [-0.1, -0.05) is 41.9 Å². The molecule has 156 valence electrons. The Balaban J connectivity index is 1.74. The summed E-state index contributed by atoms with van der Waals surface area (Å²) in [6.45, 7) is 4.11. The number of carbonyl (C=O) groups is 1. The van der Waals surface area contributed by atoms with Gasteiger partial charge in [-0.15, -0.1) is 0 Å². The van der Waals surface area contributed by atoms with E-state index in [1.165, 1.54) is 0 Å². The molecule has 31 heavy (non-hydrogen) atoms. The smallest absolute Gasteiger partial charge is 0.233 e. The fourth-order valence-electron chi connectivity index (χ4n) is 3.65. The third-order valence-electron chi connectivity index (χ3n) is 5.25. The second-order valence-electron chi connectivity index (χ2n) is 8.02. The summed E-state index contributed by atoms with van der Waals surface area (Å²) in [6, 6.07) is 18.5. The molecule has 2 aromatic carbocycles. The second-order valence-corrected chi connectivity index (χ2v) is 8.46. The molecule has 0 bridgehead atoms. The van der Waals surface area contributed by atoms with E-state index in [2.05, 4.69) is 11.1 Å². The first-order valence-electron chi connectivity index (χ1n) is 9.95. The molecule has 1 aromatic heterocycles. The Morgan fingerprint density at radius 3 is 2.55 bits per heavy atom. The molecule has 3 aromatic rings. The third kappa shape index (κ3) is 4.46. The first-order valence-corrected chi connectivity index (χ1v) is 10.3. The summed E-state index contributed by atoms with van der Waals surface area (Å²) in [5.74, 6) is -0.0508. The Morgan fingerprint density at radius 2 is 1.87 bits per heavy atom. The number of hydrogen-bond acceptors (Lipinski definition) is 5. The van der Waals surface area contributed by atoms with Gasteiger partial charge in [0.2, 0.25) is 5.88 Å². The van der Waals surface area contributed by atoms with Crippen LogP contribution in [0.25, 0.3) is 11.3 Å². The highest BCUT2D eigenvalue weighted by Crippen LogP contribution is 2.38. The molecule has 1 aliphatic heterocycles. The maximum atomic E-state index is 12.6. The molecule has 0 saturated carbocycles. The van der Waals surface area contributed by atoms with Crippen molar-refractivity contribution in [1.82, 2.24) is 4.98 Å². The largest absolute Gasteiger partial charge is 0.468 e. The van der Waals surface area contributed by atoms with Crippen LogP contribution in [0.1, 0.15) is 40.9 Å². The van der Waals surface area contributed by atoms with Gasteiger partial charge in [-0.25, -0.2) is 4.98 Å². The standard InChI is InChI=1S/C25H21ClN2O3/c1-25(2)12-19-20(13-27)24(30-15-22(29)16-8-10-18(26)11-9-16)28-23(21(19)14-31-25)17-6-4-3-5-7-17/h3-11H,12,14-15H2,1-2H3. The van der Waals surface area contributed by atoms with Gasteiger partial charge in [0.25, 0.3) is 0 Å². The summed E-state index contributed by atoms with van der Waals surface area (Å²) in [7, 11) is 0. The lowest BCUT2D eigenvalue weighted by molar-refractivity contribution is -0.0401. The summed E-state index contributed by atoms with van der Waals surface area (Å²) < 4.78 is 11.8. The molecule has 0 fully saturated rings. The van der Waals surface area contributed by atoms with Crippen LogP contribution in [0.4, 0.5) is 0 Å². The average Bonchev–Trinajstić information content (AvgIpc) is 2.77. The van der Waals surface area contributed by atoms with Crippen molar-refractivity contribution in [2.45, 2.75) is 32.5 Å². The molecule has 0 radical (unpaired) electrons. The summed E-state index contributed by atoms with van der Waals surface area (Å²) in [5.41, 5.74) is 3.79. The number of benzene rings is 2. The van der Waals surface area contributed by atoms with E-state index >= 15 is 0 Å². The fourth-order valence-corrected chi connectivity index (χ4v) is 3.78. The van der Waals surface area contributed by atoms with E-state index in [1.807, 2.05) is 44.2 Å². The molecule has 0 unspecified atom stereocenters. The van der Waals surface area contributed by atoms with E-state index < -0.39 is 5.60 Å². The first-order chi connectivity index (χ1) is 14.9. The number of carbonyl (C=O) groups excluding carboxylic acids is 1. The zero-order chi connectivity index (χ0) is 22.0. The van der Waals surface area contributed by atoms with E-state index in [0.29, 0.717) is 34.9 Å². The Kier molecular flexibility index (Phi) is 5.77. The number of nitriles is 1. The van der Waals surface area contributed by atoms with E-state index in [1.54, 1.807) is 24.3 Å². The molecule has 0 aliphatic carbocycles. The molecule has 0 amide bonds. The van der Waals surface area contributed by atoms with Crippen LogP contribution in [0.15, 0.2) is 54.6 Å². The van der Waals surface area contributed by atoms with Crippen LogP contribution in [0, 0.1) is 11.3 Å². The Hall–Kier alpha value is -3.20. The summed E-state index contributed by atoms with van der Waals surface area (Å²) in [6.07, 6.45) is 0.551. The predicted octanol–water partition coefficient (Wildman–Crippen LogP) is 5.39. The molecule has 2 heterocycles. The molecule has 0 spiro atoms. The lowest BCUT2D eigenvalue weighted by Gasteiger charge is -2.33. The Labute approximate surface area is 186 Å². The van der Waals surface area contributed by atoms with Gasteiger partial charge in [-0.05, 0) is 43.7 Å². The highest BCUT2D eigenvalue weighted by molar-refractivity contribution is 6.30. The minimum atomic E-state index is -0.412. The molecular formula is C25H21ClN2O3. The minimum Gasteiger partial charge on any atom is -0.468 e. The number of fused-ring (bicyclic) bond motifs is 1. The number of aromatic nitrogens is 1. The van der Waals surface area contributed by atoms with Crippen molar-refractivity contribution in [3.8, 4) is 23.2 Å². The highest BCUT2D eigenvalue weighted by Gasteiger charge is 2.32. The van der Waals surface area contributed by atoms with Crippen LogP contribution in [0.5, 0.6) is 5.88 Å². The molecule has 1 aliphatic rings. The van der Waals surface area contributed by atoms with Crippen LogP contribution >= 0.6 is 11.6 Å². The zero-order valence-corrected chi connectivity index (χ0v) is 18.1. The lowest BCUT2D eigenvalue weighted by Crippen LogP contribution is -2.33. The van der Waals surface area contributed by atoms with Gasteiger partial charge in [0.15, 0.2) is 12.4 Å². The molecular weight excluding hydrogens is 412 g/mol. The van der Waals surface area contributed by atoms with Crippen LogP contribution in [-0.4, -0.2) is 23.0 Å². The summed E-state index contributed by atoms with van der Waals surface area (Å²) >= 11 is 5.90. The number of pyridine rings is 1. The number of hydrogen-bond donors (Lipinski definition) is 0. The maximum Gasteiger partial charge on any atom is 0.233 e. The third-order valence-corrected chi connectivity index (χ3v) is 5.51. The summed E-state index contributed by atoms with van der Waals surface area (Å²) in [5, 5.41) is 10.5. The first kappa shape index (κ1) is 21.0. The Morgan fingerprint density at radius 1 is 1.16 bits per heavy atom. The fraction of sp³-hybridized carbons (Fsp3) is 0.240. The molecule has 5 nitrogen and oxygen atoms in total. The Bertz CT molecular complexity index is 1170. The minimum absolute atomic E-state index is 0.167. The van der Waals surface area contributed by atoms with E-state index in [4.69, 9.17) is 21.1 Å². The van der Waals surface area contributed by atoms with E-state index in [-0.39, 0.29) is 18.3 Å². The van der Waals surface area contributed by atoms with Gasteiger partial charge in [-0.2, -0.15) is 5.26 Å². The van der Waals surface area contributed by atoms with Crippen molar-refractivity contribution in [3.05, 3.63) is 81.9 Å². The van der Waals surface area contributed by atoms with Crippen molar-refractivity contribution >= 4 is 17.4 Å². The second kappa shape index (κ2) is 8.50. The van der Waals surface area contributed by atoms with Crippen LogP contribution in [0.2, 0.25) is 5.02 Å². The predicted molar refractivity (Wildman–Crippen MR) is 118 cm³/mol. The van der Waals surface area contributed by atoms with Gasteiger partial charge >= 0.3 is 0 Å². The molecule has 0 atom stereocenters. The number of ketones is 1. The van der Waals surface area contributed by atoms with Crippen molar-refractivity contribution in [1.29, 1.82) is 5.26 Å². The van der Waals surface area contributed by atoms with Crippen LogP contribution in [-0.2, 0) is 17.8 Å². The van der Waals surface area contributed by atoms with Gasteiger partial charge in [0.1, 0.15) is 11.6 Å². The van der Waals surface area contributed by atoms with Crippen molar-refractivity contribution < 1.29 is 14.3 Å². The van der Waals surface area contributed by atoms with Gasteiger partial charge < -0.3 is 9.47 Å². The van der Waals surface area contributed by atoms with Crippen molar-refractivity contribution in [3.63, 3.8) is 0 Å². The van der Waals surface area contributed by atoms with Gasteiger partial charge in [-0.3, -0.25) is 4.79 Å². The number of nitrogens with zero attached hydrogens (tertiary/aromatic N) is 2. The number of ether oxygens (including phenoxy) is 2. The van der Waals surface area contributed by atoms with E-state index in [9.17, 15) is 10.1 Å². The highest BCUT2D eigenvalue weighted by atomic mass is 35.5. The monoisotopic (exact) mass is 432 g/mol. The molecule has 6 heteroatoms. The van der Waals surface area contributed by atoms with E-state index in [0.717, 1.165) is 16.7 Å². The van der Waals surface area contributed by atoms with Gasteiger partial charge in [0.05, 0.1) is 17.9 Å². The maximum absolute atomic E-state index is 12.6.